The summed E-state index contributed by atoms with van der Waals surface area (Å²) >= 11 is 0. The molecule has 0 radical (unpaired) electrons. The van der Waals surface area contributed by atoms with Gasteiger partial charge >= 0.3 is 0 Å². The number of hydrogen-bond donors (Lipinski definition) is 2. The van der Waals surface area contributed by atoms with Gasteiger partial charge in [0.05, 0.1) is 12.4 Å². The van der Waals surface area contributed by atoms with Gasteiger partial charge in [-0.2, -0.15) is 5.10 Å². The largest absolute Gasteiger partial charge is 0.507 e. The smallest absolute Gasteiger partial charge is 0.245 e. The van der Waals surface area contributed by atoms with E-state index in [4.69, 9.17) is 0 Å². The van der Waals surface area contributed by atoms with Crippen molar-refractivity contribution in [2.75, 3.05) is 38.1 Å². The van der Waals surface area contributed by atoms with E-state index in [0.717, 1.165) is 24.2 Å². The van der Waals surface area contributed by atoms with Crippen molar-refractivity contribution >= 4 is 30.8 Å². The molecular formula is C21H27Cl2N7O. The number of nitrogens with one attached hydrogen (secondary N) is 1. The molecule has 2 aliphatic rings. The Morgan fingerprint density at radius 1 is 1.00 bits per heavy atom. The first-order chi connectivity index (χ1) is 14.1. The van der Waals surface area contributed by atoms with Crippen LogP contribution in [0.2, 0.25) is 0 Å². The molecule has 2 aliphatic heterocycles. The third kappa shape index (κ3) is 4.61. The number of aromatic nitrogens is 5. The van der Waals surface area contributed by atoms with Crippen LogP contribution in [0, 0.1) is 5.41 Å². The van der Waals surface area contributed by atoms with Gasteiger partial charge in [0, 0.05) is 37.0 Å². The maximum atomic E-state index is 10.5. The lowest BCUT2D eigenvalue weighted by Crippen LogP contribution is -2.42. The summed E-state index contributed by atoms with van der Waals surface area (Å²) in [6, 6.07) is 5.47. The third-order valence-corrected chi connectivity index (χ3v) is 6.39. The second kappa shape index (κ2) is 9.38. The van der Waals surface area contributed by atoms with Crippen molar-refractivity contribution in [2.45, 2.75) is 19.3 Å². The minimum atomic E-state index is 0. The minimum absolute atomic E-state index is 0. The van der Waals surface area contributed by atoms with Crippen molar-refractivity contribution in [1.29, 1.82) is 0 Å². The van der Waals surface area contributed by atoms with Crippen LogP contribution in [0.25, 0.3) is 22.4 Å². The van der Waals surface area contributed by atoms with Crippen LogP contribution in [0.5, 0.6) is 5.75 Å². The fourth-order valence-corrected chi connectivity index (χ4v) is 4.62. The predicted molar refractivity (Wildman–Crippen MR) is 125 cm³/mol. The Morgan fingerprint density at radius 3 is 2.35 bits per heavy atom. The first-order valence-electron chi connectivity index (χ1n) is 10.1. The van der Waals surface area contributed by atoms with Crippen LogP contribution in [-0.2, 0) is 0 Å². The summed E-state index contributed by atoms with van der Waals surface area (Å²) in [4.78, 5) is 9.20. The van der Waals surface area contributed by atoms with E-state index in [2.05, 4.69) is 42.2 Å². The molecule has 0 aliphatic carbocycles. The minimum Gasteiger partial charge on any atom is -0.507 e. The molecule has 10 heteroatoms. The number of piperidine rings is 1. The number of aromatic amines is 1. The van der Waals surface area contributed by atoms with E-state index in [1.54, 1.807) is 24.7 Å². The number of halogens is 2. The van der Waals surface area contributed by atoms with Crippen LogP contribution in [0.1, 0.15) is 19.3 Å². The second-order valence-electron chi connectivity index (χ2n) is 8.34. The van der Waals surface area contributed by atoms with Crippen molar-refractivity contribution in [3.05, 3.63) is 36.8 Å². The van der Waals surface area contributed by atoms with Gasteiger partial charge in [0.1, 0.15) is 11.4 Å². The number of benzene rings is 1. The van der Waals surface area contributed by atoms with E-state index in [-0.39, 0.29) is 30.6 Å². The summed E-state index contributed by atoms with van der Waals surface area (Å²) in [5, 5.41) is 25.9. The number of H-pyrrole nitrogens is 1. The topological polar surface area (TPSA) is 94.1 Å². The quantitative estimate of drug-likeness (QED) is 0.614. The van der Waals surface area contributed by atoms with Gasteiger partial charge in [-0.3, -0.25) is 5.10 Å². The maximum absolute atomic E-state index is 10.5. The molecule has 0 bridgehead atoms. The van der Waals surface area contributed by atoms with Crippen LogP contribution >= 0.6 is 24.8 Å². The lowest BCUT2D eigenvalue weighted by molar-refractivity contribution is 0.221. The van der Waals surface area contributed by atoms with Crippen molar-refractivity contribution in [2.24, 2.45) is 5.41 Å². The molecule has 1 spiro atoms. The van der Waals surface area contributed by atoms with Crippen molar-refractivity contribution in [3.63, 3.8) is 0 Å². The molecule has 0 atom stereocenters. The highest BCUT2D eigenvalue weighted by molar-refractivity contribution is 5.85. The molecule has 166 valence electrons. The van der Waals surface area contributed by atoms with Gasteiger partial charge in [-0.05, 0) is 56.0 Å². The van der Waals surface area contributed by atoms with Crippen molar-refractivity contribution in [1.82, 2.24) is 30.3 Å². The van der Waals surface area contributed by atoms with Gasteiger partial charge in [0.15, 0.2) is 0 Å². The molecule has 4 heterocycles. The molecule has 2 aromatic heterocycles. The van der Waals surface area contributed by atoms with Crippen LogP contribution in [-0.4, -0.2) is 68.6 Å². The van der Waals surface area contributed by atoms with E-state index >= 15 is 0 Å². The SMILES string of the molecule is CN1CCC2(CCN(c3ncc(-c4ccc(-c5cn[nH]c5)cc4O)nn3)CC2)C1.Cl.Cl. The molecule has 0 unspecified atom stereocenters. The standard InChI is InChI=1S/C21H25N7O.2ClH/c1-27-7-4-21(14-27)5-8-28(9-6-21)20-22-13-18(25-26-20)17-3-2-15(10-19(17)29)16-11-23-24-12-16;;/h2-3,10-13,29H,4-9,14H2,1H3,(H,23,24);2*1H. The van der Waals surface area contributed by atoms with Gasteiger partial charge < -0.3 is 14.9 Å². The zero-order chi connectivity index (χ0) is 19.8. The normalized spacial score (nSPS) is 17.9. The van der Waals surface area contributed by atoms with Gasteiger partial charge in [-0.25, -0.2) is 4.98 Å². The first kappa shape index (κ1) is 23.2. The fourth-order valence-electron chi connectivity index (χ4n) is 4.62. The summed E-state index contributed by atoms with van der Waals surface area (Å²) in [5.74, 6) is 0.822. The highest BCUT2D eigenvalue weighted by Gasteiger charge is 2.39. The molecule has 2 N–H and O–H groups in total. The number of rotatable bonds is 3. The van der Waals surface area contributed by atoms with Gasteiger partial charge in [0.25, 0.3) is 0 Å². The highest BCUT2D eigenvalue weighted by atomic mass is 35.5. The Kier molecular flexibility index (Phi) is 7.03. The Bertz CT molecular complexity index is 989. The molecule has 31 heavy (non-hydrogen) atoms. The molecule has 8 nitrogen and oxygen atoms in total. The number of hydrogen-bond acceptors (Lipinski definition) is 7. The van der Waals surface area contributed by atoms with Crippen molar-refractivity contribution in [3.8, 4) is 28.1 Å². The zero-order valence-corrected chi connectivity index (χ0v) is 19.0. The van der Waals surface area contributed by atoms with E-state index in [1.165, 1.54) is 32.4 Å². The van der Waals surface area contributed by atoms with Crippen molar-refractivity contribution < 1.29 is 5.11 Å². The highest BCUT2D eigenvalue weighted by Crippen LogP contribution is 2.40. The van der Waals surface area contributed by atoms with Gasteiger partial charge in [0.2, 0.25) is 5.95 Å². The van der Waals surface area contributed by atoms with E-state index < -0.39 is 0 Å². The molecule has 1 aromatic carbocycles. The summed E-state index contributed by atoms with van der Waals surface area (Å²) < 4.78 is 0. The summed E-state index contributed by atoms with van der Waals surface area (Å²) in [5.41, 5.74) is 3.47. The lowest BCUT2D eigenvalue weighted by Gasteiger charge is -2.39. The van der Waals surface area contributed by atoms with Crippen LogP contribution in [0.4, 0.5) is 5.95 Å². The van der Waals surface area contributed by atoms with Crippen LogP contribution in [0.15, 0.2) is 36.8 Å². The van der Waals surface area contributed by atoms with Gasteiger partial charge in [-0.1, -0.05) is 6.07 Å². The Labute approximate surface area is 193 Å². The number of nitrogens with zero attached hydrogens (tertiary/aromatic N) is 6. The summed E-state index contributed by atoms with van der Waals surface area (Å²) in [6.07, 6.45) is 8.86. The molecular weight excluding hydrogens is 437 g/mol. The number of likely N-dealkylation sites (tertiary alicyclic amines) is 1. The molecule has 0 saturated carbocycles. The molecule has 2 saturated heterocycles. The van der Waals surface area contributed by atoms with Gasteiger partial charge in [-0.15, -0.1) is 35.0 Å². The Hall–Kier alpha value is -2.42. The monoisotopic (exact) mass is 463 g/mol. The average molecular weight is 464 g/mol. The summed E-state index contributed by atoms with van der Waals surface area (Å²) in [6.45, 7) is 4.35. The molecule has 0 amide bonds. The predicted octanol–water partition coefficient (Wildman–Crippen LogP) is 3.40. The van der Waals surface area contributed by atoms with Crippen LogP contribution in [0.3, 0.4) is 0 Å². The van der Waals surface area contributed by atoms with E-state index in [1.807, 2.05) is 12.1 Å². The maximum Gasteiger partial charge on any atom is 0.245 e. The third-order valence-electron chi connectivity index (χ3n) is 6.39. The molecule has 5 rings (SSSR count). The molecule has 2 fully saturated rings. The van der Waals surface area contributed by atoms with E-state index in [9.17, 15) is 5.11 Å². The summed E-state index contributed by atoms with van der Waals surface area (Å²) in [7, 11) is 2.21. The fraction of sp³-hybridized carbons (Fsp3) is 0.429. The lowest BCUT2D eigenvalue weighted by atomic mass is 9.78. The molecule has 3 aromatic rings. The van der Waals surface area contributed by atoms with Crippen LogP contribution < -0.4 is 4.90 Å². The second-order valence-corrected chi connectivity index (χ2v) is 8.34. The number of phenolic OH excluding ortho intramolecular Hbond substituents is 1. The number of phenols is 1. The average Bonchev–Trinajstić information content (AvgIpc) is 3.39. The zero-order valence-electron chi connectivity index (χ0n) is 17.4. The van der Waals surface area contributed by atoms with E-state index in [0.29, 0.717) is 22.6 Å². The first-order valence-corrected chi connectivity index (χ1v) is 10.1. The number of anilines is 1. The Balaban J connectivity index is 0.00000136. The number of aromatic hydroxyl groups is 1. The Morgan fingerprint density at radius 2 is 1.77 bits per heavy atom.